The van der Waals surface area contributed by atoms with Gasteiger partial charge in [0.25, 0.3) is 0 Å². The second-order valence-corrected chi connectivity index (χ2v) is 4.62. The molecule has 0 aliphatic heterocycles. The number of amides is 3. The normalized spacial score (nSPS) is 11.4. The molecule has 1 aromatic carbocycles. The number of carboxylic acid groups (broad SMARTS) is 1. The molecule has 1 rings (SSSR count). The van der Waals surface area contributed by atoms with Crippen LogP contribution in [0.3, 0.4) is 0 Å². The Labute approximate surface area is 126 Å². The van der Waals surface area contributed by atoms with Crippen LogP contribution in [0.15, 0.2) is 18.2 Å². The first-order chi connectivity index (χ1) is 9.85. The van der Waals surface area contributed by atoms with Crippen LogP contribution >= 0.6 is 11.6 Å². The van der Waals surface area contributed by atoms with Gasteiger partial charge >= 0.3 is 12.0 Å². The lowest BCUT2D eigenvalue weighted by atomic mass is 10.2. The number of nitrogens with one attached hydrogen (secondary N) is 3. The fourth-order valence-electron chi connectivity index (χ4n) is 1.52. The molecule has 0 aromatic heterocycles. The van der Waals surface area contributed by atoms with Gasteiger partial charge in [-0.2, -0.15) is 0 Å². The minimum Gasteiger partial charge on any atom is -0.478 e. The molecule has 1 unspecified atom stereocenters. The van der Waals surface area contributed by atoms with E-state index < -0.39 is 18.0 Å². The maximum Gasteiger partial charge on any atom is 0.337 e. The lowest BCUT2D eigenvalue weighted by Crippen LogP contribution is -2.46. The van der Waals surface area contributed by atoms with Crippen LogP contribution in [0.5, 0.6) is 0 Å². The van der Waals surface area contributed by atoms with Gasteiger partial charge in [-0.05, 0) is 32.0 Å². The number of aromatic carboxylic acids is 1. The molecule has 0 saturated carbocycles. The maximum atomic E-state index is 11.7. The van der Waals surface area contributed by atoms with Gasteiger partial charge in [0, 0.05) is 12.2 Å². The van der Waals surface area contributed by atoms with Gasteiger partial charge in [0.15, 0.2) is 0 Å². The van der Waals surface area contributed by atoms with Crippen LogP contribution < -0.4 is 16.0 Å². The largest absolute Gasteiger partial charge is 0.478 e. The van der Waals surface area contributed by atoms with E-state index in [2.05, 4.69) is 16.0 Å². The lowest BCUT2D eigenvalue weighted by molar-refractivity contribution is -0.122. The summed E-state index contributed by atoms with van der Waals surface area (Å²) in [6.45, 7) is 3.79. The van der Waals surface area contributed by atoms with E-state index in [-0.39, 0.29) is 16.5 Å². The molecule has 0 radical (unpaired) electrons. The summed E-state index contributed by atoms with van der Waals surface area (Å²) < 4.78 is 0. The molecule has 0 bridgehead atoms. The van der Waals surface area contributed by atoms with Gasteiger partial charge < -0.3 is 21.1 Å². The molecular weight excluding hydrogens is 298 g/mol. The van der Waals surface area contributed by atoms with Crippen LogP contribution in [0.25, 0.3) is 0 Å². The third kappa shape index (κ3) is 4.96. The van der Waals surface area contributed by atoms with E-state index >= 15 is 0 Å². The fourth-order valence-corrected chi connectivity index (χ4v) is 1.78. The topological polar surface area (TPSA) is 108 Å². The summed E-state index contributed by atoms with van der Waals surface area (Å²) >= 11 is 5.79. The van der Waals surface area contributed by atoms with Gasteiger partial charge in [0.2, 0.25) is 5.91 Å². The fraction of sp³-hybridized carbons (Fsp3) is 0.308. The number of hydrogen-bond donors (Lipinski definition) is 4. The second-order valence-electron chi connectivity index (χ2n) is 4.21. The highest BCUT2D eigenvalue weighted by Crippen LogP contribution is 2.20. The molecule has 7 nitrogen and oxygen atoms in total. The van der Waals surface area contributed by atoms with Gasteiger partial charge in [0.05, 0.1) is 10.6 Å². The van der Waals surface area contributed by atoms with Crippen LogP contribution in [-0.4, -0.2) is 35.6 Å². The summed E-state index contributed by atoms with van der Waals surface area (Å²) in [5.74, 6) is -1.45. The average molecular weight is 314 g/mol. The average Bonchev–Trinajstić information content (AvgIpc) is 2.38. The summed E-state index contributed by atoms with van der Waals surface area (Å²) in [6.07, 6.45) is 0. The molecule has 4 N–H and O–H groups in total. The van der Waals surface area contributed by atoms with Crippen molar-refractivity contribution in [2.24, 2.45) is 0 Å². The second kappa shape index (κ2) is 7.49. The molecule has 0 aliphatic carbocycles. The Bertz CT molecular complexity index is 562. The minimum absolute atomic E-state index is 0.0112. The number of likely N-dealkylation sites (N-methyl/N-ethyl adjacent to an activating group) is 1. The Morgan fingerprint density at radius 2 is 2.00 bits per heavy atom. The van der Waals surface area contributed by atoms with Gasteiger partial charge in [0.1, 0.15) is 6.04 Å². The molecule has 1 atom stereocenters. The zero-order valence-electron chi connectivity index (χ0n) is 11.6. The van der Waals surface area contributed by atoms with Crippen LogP contribution in [-0.2, 0) is 4.79 Å². The van der Waals surface area contributed by atoms with Crippen molar-refractivity contribution in [3.8, 4) is 0 Å². The van der Waals surface area contributed by atoms with Crippen LogP contribution in [0.1, 0.15) is 24.2 Å². The number of benzene rings is 1. The number of anilines is 1. The predicted octanol–water partition coefficient (Wildman–Crippen LogP) is 1.68. The van der Waals surface area contributed by atoms with E-state index in [0.29, 0.717) is 12.2 Å². The third-order valence-corrected chi connectivity index (χ3v) is 2.86. The Kier molecular flexibility index (Phi) is 5.98. The third-order valence-electron chi connectivity index (χ3n) is 2.55. The van der Waals surface area contributed by atoms with Crippen molar-refractivity contribution in [1.82, 2.24) is 10.6 Å². The van der Waals surface area contributed by atoms with E-state index in [4.69, 9.17) is 16.7 Å². The number of urea groups is 1. The molecule has 0 saturated heterocycles. The van der Waals surface area contributed by atoms with Crippen molar-refractivity contribution in [3.05, 3.63) is 28.8 Å². The molecule has 0 aliphatic rings. The van der Waals surface area contributed by atoms with Crippen LogP contribution in [0.4, 0.5) is 10.5 Å². The summed E-state index contributed by atoms with van der Waals surface area (Å²) in [7, 11) is 0. The van der Waals surface area contributed by atoms with Crippen molar-refractivity contribution in [3.63, 3.8) is 0 Å². The molecule has 0 heterocycles. The van der Waals surface area contributed by atoms with E-state index in [1.54, 1.807) is 13.8 Å². The highest BCUT2D eigenvalue weighted by molar-refractivity contribution is 6.33. The van der Waals surface area contributed by atoms with Crippen molar-refractivity contribution >= 4 is 35.2 Å². The first kappa shape index (κ1) is 16.8. The Balaban J connectivity index is 2.65. The van der Waals surface area contributed by atoms with Crippen molar-refractivity contribution in [2.45, 2.75) is 19.9 Å². The summed E-state index contributed by atoms with van der Waals surface area (Å²) in [5.41, 5.74) is 0.268. The molecule has 0 spiro atoms. The van der Waals surface area contributed by atoms with Gasteiger partial charge in [-0.3, -0.25) is 4.79 Å². The number of carbonyl (C=O) groups is 3. The first-order valence-electron chi connectivity index (χ1n) is 6.23. The molecule has 1 aromatic rings. The summed E-state index contributed by atoms with van der Waals surface area (Å²) in [4.78, 5) is 34.0. The smallest absolute Gasteiger partial charge is 0.337 e. The molecule has 3 amide bonds. The number of halogens is 1. The Morgan fingerprint density at radius 1 is 1.33 bits per heavy atom. The Morgan fingerprint density at radius 3 is 2.52 bits per heavy atom. The Hall–Kier alpha value is -2.28. The quantitative estimate of drug-likeness (QED) is 0.663. The zero-order chi connectivity index (χ0) is 16.0. The molecule has 0 fully saturated rings. The zero-order valence-corrected chi connectivity index (χ0v) is 12.3. The maximum absolute atomic E-state index is 11.7. The highest BCUT2D eigenvalue weighted by Gasteiger charge is 2.15. The van der Waals surface area contributed by atoms with E-state index in [1.807, 2.05) is 0 Å². The van der Waals surface area contributed by atoms with Crippen LogP contribution in [0.2, 0.25) is 5.02 Å². The van der Waals surface area contributed by atoms with E-state index in [1.165, 1.54) is 18.2 Å². The highest BCUT2D eigenvalue weighted by atomic mass is 35.5. The molecule has 8 heteroatoms. The van der Waals surface area contributed by atoms with Crippen LogP contribution in [0, 0.1) is 0 Å². The SMILES string of the molecule is CCNC(=O)C(C)NC(=O)Nc1ccc(C(=O)O)c(Cl)c1. The van der Waals surface area contributed by atoms with Gasteiger partial charge in [-0.1, -0.05) is 11.6 Å². The van der Waals surface area contributed by atoms with Gasteiger partial charge in [-0.15, -0.1) is 0 Å². The minimum atomic E-state index is -1.15. The first-order valence-corrected chi connectivity index (χ1v) is 6.61. The summed E-state index contributed by atoms with van der Waals surface area (Å²) in [6, 6.07) is 2.73. The molecule has 114 valence electrons. The van der Waals surface area contributed by atoms with Crippen molar-refractivity contribution in [2.75, 3.05) is 11.9 Å². The molecule has 21 heavy (non-hydrogen) atoms. The number of hydrogen-bond acceptors (Lipinski definition) is 3. The van der Waals surface area contributed by atoms with Crippen molar-refractivity contribution in [1.29, 1.82) is 0 Å². The molecular formula is C13H16ClN3O4. The summed E-state index contributed by atoms with van der Waals surface area (Å²) in [5, 5.41) is 16.3. The van der Waals surface area contributed by atoms with Gasteiger partial charge in [-0.25, -0.2) is 9.59 Å². The number of rotatable bonds is 5. The predicted molar refractivity (Wildman–Crippen MR) is 78.7 cm³/mol. The van der Waals surface area contributed by atoms with Crippen molar-refractivity contribution < 1.29 is 19.5 Å². The van der Waals surface area contributed by atoms with E-state index in [0.717, 1.165) is 0 Å². The monoisotopic (exact) mass is 313 g/mol. The number of carboxylic acids is 1. The standard InChI is InChI=1S/C13H16ClN3O4/c1-3-15-11(18)7(2)16-13(21)17-8-4-5-9(12(19)20)10(14)6-8/h4-7H,3H2,1-2H3,(H,15,18)(H,19,20)(H2,16,17,21). The number of carbonyl (C=O) groups excluding carboxylic acids is 2. The lowest BCUT2D eigenvalue weighted by Gasteiger charge is -2.14. The van der Waals surface area contributed by atoms with E-state index in [9.17, 15) is 14.4 Å².